The second-order valence-corrected chi connectivity index (χ2v) is 3.20. The third-order valence-corrected chi connectivity index (χ3v) is 1.93. The van der Waals surface area contributed by atoms with Crippen molar-refractivity contribution in [2.75, 3.05) is 13.1 Å². The van der Waals surface area contributed by atoms with Crippen LogP contribution in [0.1, 0.15) is 25.3 Å². The van der Waals surface area contributed by atoms with Gasteiger partial charge >= 0.3 is 0 Å². The summed E-state index contributed by atoms with van der Waals surface area (Å²) in [6.07, 6.45) is 2.46. The quantitative estimate of drug-likeness (QED) is 0.564. The summed E-state index contributed by atoms with van der Waals surface area (Å²) >= 11 is 0. The van der Waals surface area contributed by atoms with Crippen LogP contribution in [0.2, 0.25) is 0 Å². The van der Waals surface area contributed by atoms with E-state index in [1.807, 2.05) is 30.3 Å². The predicted octanol–water partition coefficient (Wildman–Crippen LogP) is 2.43. The van der Waals surface area contributed by atoms with E-state index in [4.69, 9.17) is 0 Å². The van der Waals surface area contributed by atoms with Crippen molar-refractivity contribution < 1.29 is 0 Å². The van der Waals surface area contributed by atoms with Crippen molar-refractivity contribution in [1.29, 1.82) is 0 Å². The smallest absolute Gasteiger partial charge is 0.0580 e. The fraction of sp³-hybridized carbons (Fsp3) is 0.385. The molecule has 0 unspecified atom stereocenters. The largest absolute Gasteiger partial charge is 0.306 e. The van der Waals surface area contributed by atoms with Gasteiger partial charge in [-0.05, 0) is 25.1 Å². The van der Waals surface area contributed by atoms with Gasteiger partial charge < -0.3 is 5.32 Å². The van der Waals surface area contributed by atoms with Gasteiger partial charge in [0, 0.05) is 5.56 Å². The normalized spacial score (nSPS) is 9.21. The molecule has 74 valence electrons. The highest BCUT2D eigenvalue weighted by atomic mass is 14.8. The fourth-order valence-corrected chi connectivity index (χ4v) is 1.12. The molecule has 0 fully saturated rings. The van der Waals surface area contributed by atoms with Crippen LogP contribution in [-0.2, 0) is 0 Å². The highest BCUT2D eigenvalue weighted by Gasteiger charge is 1.82. The molecule has 0 aliphatic rings. The minimum atomic E-state index is 0.787. The summed E-state index contributed by atoms with van der Waals surface area (Å²) in [5.41, 5.74) is 1.09. The van der Waals surface area contributed by atoms with Gasteiger partial charge in [-0.1, -0.05) is 43.4 Å². The molecule has 1 aromatic carbocycles. The van der Waals surface area contributed by atoms with Crippen LogP contribution in [0.25, 0.3) is 0 Å². The molecule has 0 amide bonds. The Hall–Kier alpha value is -1.26. The Morgan fingerprint density at radius 1 is 1.21 bits per heavy atom. The predicted molar refractivity (Wildman–Crippen MR) is 61.1 cm³/mol. The number of rotatable bonds is 4. The molecule has 0 saturated heterocycles. The Balaban J connectivity index is 2.21. The van der Waals surface area contributed by atoms with E-state index in [9.17, 15) is 0 Å². The highest BCUT2D eigenvalue weighted by Crippen LogP contribution is 1.94. The molecule has 1 N–H and O–H groups in total. The van der Waals surface area contributed by atoms with Gasteiger partial charge in [0.15, 0.2) is 0 Å². The lowest BCUT2D eigenvalue weighted by Crippen LogP contribution is -2.14. The van der Waals surface area contributed by atoms with Gasteiger partial charge in [-0.2, -0.15) is 0 Å². The standard InChI is InChI=1S/C13H17N/c1-2-3-11-14-12-7-10-13-8-5-4-6-9-13/h4-6,8-9,14H,2-3,11-12H2,1H3. The SMILES string of the molecule is CCCCNCC#Cc1ccccc1. The van der Waals surface area contributed by atoms with Crippen molar-refractivity contribution >= 4 is 0 Å². The lowest BCUT2D eigenvalue weighted by molar-refractivity contribution is 0.687. The summed E-state index contributed by atoms with van der Waals surface area (Å²) in [6, 6.07) is 10.1. The minimum Gasteiger partial charge on any atom is -0.306 e. The zero-order chi connectivity index (χ0) is 10.1. The van der Waals surface area contributed by atoms with E-state index in [0.717, 1.165) is 18.7 Å². The second-order valence-electron chi connectivity index (χ2n) is 3.20. The van der Waals surface area contributed by atoms with Crippen molar-refractivity contribution in [3.05, 3.63) is 35.9 Å². The Labute approximate surface area is 86.5 Å². The van der Waals surface area contributed by atoms with Crippen molar-refractivity contribution in [1.82, 2.24) is 5.32 Å². The lowest BCUT2D eigenvalue weighted by atomic mass is 10.2. The third kappa shape index (κ3) is 4.69. The number of benzene rings is 1. The van der Waals surface area contributed by atoms with Crippen molar-refractivity contribution in [2.45, 2.75) is 19.8 Å². The average Bonchev–Trinajstić information content (AvgIpc) is 2.25. The summed E-state index contributed by atoms with van der Waals surface area (Å²) < 4.78 is 0. The molecular weight excluding hydrogens is 170 g/mol. The van der Waals surface area contributed by atoms with Gasteiger partial charge in [0.2, 0.25) is 0 Å². The Kier molecular flexibility index (Phi) is 5.54. The molecule has 1 nitrogen and oxygen atoms in total. The first kappa shape index (κ1) is 10.8. The Morgan fingerprint density at radius 2 is 2.00 bits per heavy atom. The molecular formula is C13H17N. The van der Waals surface area contributed by atoms with Crippen LogP contribution in [0, 0.1) is 11.8 Å². The molecule has 0 aliphatic heterocycles. The minimum absolute atomic E-state index is 0.787. The molecule has 1 aromatic rings. The van der Waals surface area contributed by atoms with Gasteiger partial charge in [0.1, 0.15) is 0 Å². The number of unbranched alkanes of at least 4 members (excludes halogenated alkanes) is 1. The summed E-state index contributed by atoms with van der Waals surface area (Å²) in [4.78, 5) is 0. The van der Waals surface area contributed by atoms with Gasteiger partial charge in [-0.25, -0.2) is 0 Å². The molecule has 1 heteroatoms. The van der Waals surface area contributed by atoms with Crippen molar-refractivity contribution in [3.63, 3.8) is 0 Å². The molecule has 0 spiro atoms. The molecule has 0 aliphatic carbocycles. The van der Waals surface area contributed by atoms with E-state index in [-0.39, 0.29) is 0 Å². The molecule has 0 radical (unpaired) electrons. The Morgan fingerprint density at radius 3 is 2.71 bits per heavy atom. The molecule has 0 aromatic heterocycles. The molecule has 14 heavy (non-hydrogen) atoms. The second kappa shape index (κ2) is 7.17. The van der Waals surface area contributed by atoms with E-state index in [1.54, 1.807) is 0 Å². The maximum atomic E-state index is 3.28. The van der Waals surface area contributed by atoms with Crippen LogP contribution in [0.3, 0.4) is 0 Å². The van der Waals surface area contributed by atoms with E-state index in [1.165, 1.54) is 12.8 Å². The maximum Gasteiger partial charge on any atom is 0.0580 e. The van der Waals surface area contributed by atoms with Crippen molar-refractivity contribution in [2.24, 2.45) is 0 Å². The summed E-state index contributed by atoms with van der Waals surface area (Å²) in [5.74, 6) is 6.21. The molecule has 0 saturated carbocycles. The lowest BCUT2D eigenvalue weighted by Gasteiger charge is -1.95. The highest BCUT2D eigenvalue weighted by molar-refractivity contribution is 5.33. The maximum absolute atomic E-state index is 3.28. The number of nitrogens with one attached hydrogen (secondary N) is 1. The van der Waals surface area contributed by atoms with Crippen LogP contribution in [0.4, 0.5) is 0 Å². The van der Waals surface area contributed by atoms with Gasteiger partial charge in [-0.3, -0.25) is 0 Å². The monoisotopic (exact) mass is 187 g/mol. The van der Waals surface area contributed by atoms with Crippen LogP contribution in [0.5, 0.6) is 0 Å². The molecule has 0 heterocycles. The zero-order valence-electron chi connectivity index (χ0n) is 8.72. The van der Waals surface area contributed by atoms with Crippen molar-refractivity contribution in [3.8, 4) is 11.8 Å². The number of hydrogen-bond acceptors (Lipinski definition) is 1. The van der Waals surface area contributed by atoms with E-state index in [0.29, 0.717) is 0 Å². The van der Waals surface area contributed by atoms with Crippen LogP contribution in [-0.4, -0.2) is 13.1 Å². The summed E-state index contributed by atoms with van der Waals surface area (Å²) in [7, 11) is 0. The van der Waals surface area contributed by atoms with Crippen LogP contribution in [0.15, 0.2) is 30.3 Å². The fourth-order valence-electron chi connectivity index (χ4n) is 1.12. The molecule has 1 rings (SSSR count). The average molecular weight is 187 g/mol. The molecule has 0 atom stereocenters. The zero-order valence-corrected chi connectivity index (χ0v) is 8.72. The van der Waals surface area contributed by atoms with Crippen LogP contribution >= 0.6 is 0 Å². The molecule has 0 bridgehead atoms. The van der Waals surface area contributed by atoms with Crippen LogP contribution < -0.4 is 5.32 Å². The van der Waals surface area contributed by atoms with E-state index >= 15 is 0 Å². The van der Waals surface area contributed by atoms with E-state index in [2.05, 4.69) is 24.1 Å². The van der Waals surface area contributed by atoms with Gasteiger partial charge in [0.05, 0.1) is 6.54 Å². The first-order valence-corrected chi connectivity index (χ1v) is 5.18. The first-order chi connectivity index (χ1) is 6.93. The van der Waals surface area contributed by atoms with Gasteiger partial charge in [-0.15, -0.1) is 0 Å². The number of hydrogen-bond donors (Lipinski definition) is 1. The Bertz CT molecular complexity index is 292. The summed E-state index contributed by atoms with van der Waals surface area (Å²) in [6.45, 7) is 4.05. The third-order valence-electron chi connectivity index (χ3n) is 1.93. The van der Waals surface area contributed by atoms with E-state index < -0.39 is 0 Å². The topological polar surface area (TPSA) is 12.0 Å². The van der Waals surface area contributed by atoms with Gasteiger partial charge in [0.25, 0.3) is 0 Å². The summed E-state index contributed by atoms with van der Waals surface area (Å²) in [5, 5.41) is 3.28. The first-order valence-electron chi connectivity index (χ1n) is 5.18.